The Labute approximate surface area is 105 Å². The van der Waals surface area contributed by atoms with Crippen LogP contribution in [0.2, 0.25) is 0 Å². The number of hydrogen-bond acceptors (Lipinski definition) is 5. The number of thiazole rings is 1. The summed E-state index contributed by atoms with van der Waals surface area (Å²) in [7, 11) is 1.81. The summed E-state index contributed by atoms with van der Waals surface area (Å²) in [4.78, 5) is 20.4. The van der Waals surface area contributed by atoms with Crippen molar-refractivity contribution in [3.63, 3.8) is 0 Å². The van der Waals surface area contributed by atoms with Crippen molar-refractivity contribution in [3.8, 4) is 0 Å². The Balaban J connectivity index is 1.88. The number of anilines is 1. The van der Waals surface area contributed by atoms with Gasteiger partial charge in [0.2, 0.25) is 5.91 Å². The van der Waals surface area contributed by atoms with E-state index in [4.69, 9.17) is 0 Å². The summed E-state index contributed by atoms with van der Waals surface area (Å²) in [5.41, 5.74) is 0. The quantitative estimate of drug-likeness (QED) is 0.848. The van der Waals surface area contributed by atoms with Gasteiger partial charge < -0.3 is 15.1 Å². The van der Waals surface area contributed by atoms with Gasteiger partial charge >= 0.3 is 0 Å². The van der Waals surface area contributed by atoms with Gasteiger partial charge in [-0.25, -0.2) is 4.98 Å². The summed E-state index contributed by atoms with van der Waals surface area (Å²) in [5.74, 6) is 0.186. The van der Waals surface area contributed by atoms with Crippen LogP contribution in [0.5, 0.6) is 0 Å². The lowest BCUT2D eigenvalue weighted by Gasteiger charge is -2.35. The van der Waals surface area contributed by atoms with E-state index in [0.29, 0.717) is 0 Å². The van der Waals surface area contributed by atoms with Crippen molar-refractivity contribution in [1.29, 1.82) is 0 Å². The Morgan fingerprint density at radius 1 is 1.47 bits per heavy atom. The van der Waals surface area contributed by atoms with Gasteiger partial charge in [-0.05, 0) is 14.0 Å². The number of aromatic nitrogens is 1. The molecule has 1 fully saturated rings. The molecule has 6 heteroatoms. The number of rotatable bonds is 3. The Morgan fingerprint density at radius 2 is 2.18 bits per heavy atom. The van der Waals surface area contributed by atoms with Crippen LogP contribution in [0.25, 0.3) is 0 Å². The summed E-state index contributed by atoms with van der Waals surface area (Å²) in [6.45, 7) is 5.20. The van der Waals surface area contributed by atoms with Gasteiger partial charge in [-0.2, -0.15) is 0 Å². The minimum absolute atomic E-state index is 0.0959. The topological polar surface area (TPSA) is 48.5 Å². The fourth-order valence-electron chi connectivity index (χ4n) is 1.89. The molecule has 2 heterocycles. The number of nitrogens with one attached hydrogen (secondary N) is 1. The predicted molar refractivity (Wildman–Crippen MR) is 69.4 cm³/mol. The zero-order valence-corrected chi connectivity index (χ0v) is 11.0. The number of carbonyl (C=O) groups excluding carboxylic acids is 1. The third-order valence-electron chi connectivity index (χ3n) is 3.08. The highest BCUT2D eigenvalue weighted by Crippen LogP contribution is 2.18. The SMILES string of the molecule is CNC(C)C(=O)N1CCN(c2nccs2)CC1. The van der Waals surface area contributed by atoms with Gasteiger partial charge in [0.15, 0.2) is 5.13 Å². The number of piperazine rings is 1. The maximum Gasteiger partial charge on any atom is 0.239 e. The van der Waals surface area contributed by atoms with Crippen LogP contribution in [0.15, 0.2) is 11.6 Å². The zero-order chi connectivity index (χ0) is 12.3. The van der Waals surface area contributed by atoms with Crippen LogP contribution < -0.4 is 10.2 Å². The van der Waals surface area contributed by atoms with Crippen LogP contribution in [0.1, 0.15) is 6.92 Å². The molecule has 1 aliphatic heterocycles. The normalized spacial score (nSPS) is 18.2. The van der Waals surface area contributed by atoms with E-state index in [1.165, 1.54) is 0 Å². The van der Waals surface area contributed by atoms with Crippen LogP contribution in [0.4, 0.5) is 5.13 Å². The molecule has 0 spiro atoms. The number of nitrogens with zero attached hydrogens (tertiary/aromatic N) is 3. The summed E-state index contributed by atoms with van der Waals surface area (Å²) in [6, 6.07) is -0.0959. The predicted octanol–water partition coefficient (Wildman–Crippen LogP) is 0.400. The van der Waals surface area contributed by atoms with E-state index in [-0.39, 0.29) is 11.9 Å². The van der Waals surface area contributed by atoms with E-state index in [0.717, 1.165) is 31.3 Å². The van der Waals surface area contributed by atoms with Gasteiger partial charge in [0.05, 0.1) is 6.04 Å². The lowest BCUT2D eigenvalue weighted by atomic mass is 10.2. The highest BCUT2D eigenvalue weighted by molar-refractivity contribution is 7.13. The van der Waals surface area contributed by atoms with Gasteiger partial charge in [0.25, 0.3) is 0 Å². The summed E-state index contributed by atoms with van der Waals surface area (Å²) < 4.78 is 0. The highest BCUT2D eigenvalue weighted by atomic mass is 32.1. The van der Waals surface area contributed by atoms with E-state index >= 15 is 0 Å². The summed E-state index contributed by atoms with van der Waals surface area (Å²) in [6.07, 6.45) is 1.82. The van der Waals surface area contributed by atoms with Crippen molar-refractivity contribution < 1.29 is 4.79 Å². The largest absolute Gasteiger partial charge is 0.345 e. The first kappa shape index (κ1) is 12.3. The Kier molecular flexibility index (Phi) is 3.96. The number of carbonyl (C=O) groups is 1. The summed E-state index contributed by atoms with van der Waals surface area (Å²) in [5, 5.41) is 6.02. The smallest absolute Gasteiger partial charge is 0.239 e. The summed E-state index contributed by atoms with van der Waals surface area (Å²) >= 11 is 1.65. The molecule has 94 valence electrons. The first-order valence-electron chi connectivity index (χ1n) is 5.83. The van der Waals surface area contributed by atoms with E-state index in [2.05, 4.69) is 15.2 Å². The monoisotopic (exact) mass is 254 g/mol. The first-order chi connectivity index (χ1) is 8.22. The lowest BCUT2D eigenvalue weighted by Crippen LogP contribution is -2.53. The van der Waals surface area contributed by atoms with Gasteiger partial charge in [-0.3, -0.25) is 4.79 Å². The van der Waals surface area contributed by atoms with Crippen molar-refractivity contribution in [2.24, 2.45) is 0 Å². The first-order valence-corrected chi connectivity index (χ1v) is 6.71. The van der Waals surface area contributed by atoms with Gasteiger partial charge in [-0.1, -0.05) is 0 Å². The molecule has 1 N–H and O–H groups in total. The molecule has 0 aliphatic carbocycles. The van der Waals surface area contributed by atoms with Crippen LogP contribution in [0, 0.1) is 0 Å². The van der Waals surface area contributed by atoms with Gasteiger partial charge in [0, 0.05) is 37.8 Å². The van der Waals surface area contributed by atoms with Gasteiger partial charge in [0.1, 0.15) is 0 Å². The highest BCUT2D eigenvalue weighted by Gasteiger charge is 2.24. The van der Waals surface area contributed by atoms with E-state index < -0.39 is 0 Å². The minimum atomic E-state index is -0.0959. The second kappa shape index (κ2) is 5.46. The molecule has 0 saturated carbocycles. The number of amides is 1. The molecule has 5 nitrogen and oxygen atoms in total. The van der Waals surface area contributed by atoms with Crippen molar-refractivity contribution >= 4 is 22.4 Å². The van der Waals surface area contributed by atoms with E-state index in [1.54, 1.807) is 11.3 Å². The van der Waals surface area contributed by atoms with Gasteiger partial charge in [-0.15, -0.1) is 11.3 Å². The van der Waals surface area contributed by atoms with Crippen LogP contribution in [-0.4, -0.2) is 55.1 Å². The van der Waals surface area contributed by atoms with Crippen molar-refractivity contribution in [1.82, 2.24) is 15.2 Å². The molecule has 1 atom stereocenters. The molecule has 0 aromatic carbocycles. The maximum absolute atomic E-state index is 12.0. The molecule has 1 saturated heterocycles. The maximum atomic E-state index is 12.0. The molecular weight excluding hydrogens is 236 g/mol. The average molecular weight is 254 g/mol. The molecule has 2 rings (SSSR count). The molecule has 1 unspecified atom stereocenters. The van der Waals surface area contributed by atoms with Crippen molar-refractivity contribution in [2.75, 3.05) is 38.1 Å². The Morgan fingerprint density at radius 3 is 2.71 bits per heavy atom. The van der Waals surface area contributed by atoms with Crippen LogP contribution in [0.3, 0.4) is 0 Å². The molecule has 0 radical (unpaired) electrons. The molecular formula is C11H18N4OS. The number of likely N-dealkylation sites (N-methyl/N-ethyl adjacent to an activating group) is 1. The van der Waals surface area contributed by atoms with Crippen molar-refractivity contribution in [2.45, 2.75) is 13.0 Å². The Bertz CT molecular complexity index is 360. The molecule has 1 aromatic rings. The fourth-order valence-corrected chi connectivity index (χ4v) is 2.58. The lowest BCUT2D eigenvalue weighted by molar-refractivity contribution is -0.133. The second-order valence-electron chi connectivity index (χ2n) is 4.14. The third-order valence-corrected chi connectivity index (χ3v) is 3.92. The second-order valence-corrected chi connectivity index (χ2v) is 5.01. The van der Waals surface area contributed by atoms with E-state index in [1.807, 2.05) is 30.4 Å². The third kappa shape index (κ3) is 2.76. The molecule has 1 aromatic heterocycles. The van der Waals surface area contributed by atoms with Crippen molar-refractivity contribution in [3.05, 3.63) is 11.6 Å². The molecule has 1 aliphatic rings. The fraction of sp³-hybridized carbons (Fsp3) is 0.636. The standard InChI is InChI=1S/C11H18N4OS/c1-9(12-2)10(16)14-4-6-15(7-5-14)11-13-3-8-17-11/h3,8-9,12H,4-7H2,1-2H3. The molecule has 1 amide bonds. The molecule has 17 heavy (non-hydrogen) atoms. The zero-order valence-electron chi connectivity index (χ0n) is 10.2. The number of hydrogen-bond donors (Lipinski definition) is 1. The van der Waals surface area contributed by atoms with Crippen LogP contribution in [-0.2, 0) is 4.79 Å². The van der Waals surface area contributed by atoms with Crippen LogP contribution >= 0.6 is 11.3 Å². The Hall–Kier alpha value is -1.14. The van der Waals surface area contributed by atoms with E-state index in [9.17, 15) is 4.79 Å². The minimum Gasteiger partial charge on any atom is -0.345 e. The average Bonchev–Trinajstić information content (AvgIpc) is 2.91. The molecule has 0 bridgehead atoms.